The number of carbonyl (C=O) groups is 1. The molecule has 1 aromatic carbocycles. The van der Waals surface area contributed by atoms with E-state index in [4.69, 9.17) is 20.9 Å². The van der Waals surface area contributed by atoms with Crippen molar-refractivity contribution in [2.75, 3.05) is 11.9 Å². The lowest BCUT2D eigenvalue weighted by molar-refractivity contribution is -0.163. The molecular weight excluding hydrogens is 320 g/mol. The van der Waals surface area contributed by atoms with Gasteiger partial charge in [-0.25, -0.2) is 4.79 Å². The van der Waals surface area contributed by atoms with E-state index >= 15 is 0 Å². The lowest BCUT2D eigenvalue weighted by Gasteiger charge is -2.35. The Morgan fingerprint density at radius 2 is 2.22 bits per heavy atom. The highest BCUT2D eigenvalue weighted by Crippen LogP contribution is 2.44. The molecule has 0 aliphatic carbocycles. The van der Waals surface area contributed by atoms with Crippen LogP contribution >= 0.6 is 11.6 Å². The molecule has 1 aliphatic rings. The zero-order valence-electron chi connectivity index (χ0n) is 12.8. The van der Waals surface area contributed by atoms with Gasteiger partial charge in [0.1, 0.15) is 0 Å². The van der Waals surface area contributed by atoms with Crippen molar-refractivity contribution in [3.05, 3.63) is 46.1 Å². The second-order valence-electron chi connectivity index (χ2n) is 5.52. The Morgan fingerprint density at radius 3 is 2.87 bits per heavy atom. The van der Waals surface area contributed by atoms with E-state index in [9.17, 15) is 9.90 Å². The van der Waals surface area contributed by atoms with E-state index in [-0.39, 0.29) is 24.8 Å². The Morgan fingerprint density at radius 1 is 1.52 bits per heavy atom. The first-order valence-electron chi connectivity index (χ1n) is 7.34. The molecule has 0 saturated carbocycles. The molecule has 0 amide bonds. The Hall–Kier alpha value is -2.05. The standard InChI is InChI=1S/C16H17ClN2O4/c1-3-22-15(20)16(21)8-12(10-4-6-11(17)7-5-10)13-9(2)19-23-14(13)18-16/h4-7,12,18,21H,3,8H2,1-2H3. The molecule has 2 unspecified atom stereocenters. The van der Waals surface area contributed by atoms with E-state index in [1.165, 1.54) is 0 Å². The smallest absolute Gasteiger partial charge is 0.359 e. The number of nitrogens with zero attached hydrogens (tertiary/aromatic N) is 1. The van der Waals surface area contributed by atoms with Crippen LogP contribution in [0.1, 0.15) is 36.1 Å². The van der Waals surface area contributed by atoms with Crippen LogP contribution in [0, 0.1) is 6.92 Å². The highest BCUT2D eigenvalue weighted by atomic mass is 35.5. The second kappa shape index (κ2) is 5.86. The van der Waals surface area contributed by atoms with E-state index in [2.05, 4.69) is 10.5 Å². The van der Waals surface area contributed by atoms with Gasteiger partial charge in [0.05, 0.1) is 12.3 Å². The molecule has 2 N–H and O–H groups in total. The van der Waals surface area contributed by atoms with Crippen molar-refractivity contribution in [1.29, 1.82) is 0 Å². The molecule has 3 rings (SSSR count). The van der Waals surface area contributed by atoms with Crippen molar-refractivity contribution < 1.29 is 19.2 Å². The fraction of sp³-hybridized carbons (Fsp3) is 0.375. The fourth-order valence-electron chi connectivity index (χ4n) is 2.88. The van der Waals surface area contributed by atoms with Gasteiger partial charge >= 0.3 is 5.97 Å². The van der Waals surface area contributed by atoms with E-state index in [0.29, 0.717) is 10.7 Å². The number of anilines is 1. The van der Waals surface area contributed by atoms with Gasteiger partial charge in [0.25, 0.3) is 0 Å². The van der Waals surface area contributed by atoms with Gasteiger partial charge in [-0.2, -0.15) is 0 Å². The molecule has 0 saturated heterocycles. The number of carbonyl (C=O) groups excluding carboxylic acids is 1. The first kappa shape index (κ1) is 15.8. The molecule has 0 bridgehead atoms. The number of fused-ring (bicyclic) bond motifs is 1. The van der Waals surface area contributed by atoms with Gasteiger partial charge in [-0.15, -0.1) is 0 Å². The molecular formula is C16H17ClN2O4. The van der Waals surface area contributed by atoms with Gasteiger partial charge in [0, 0.05) is 22.9 Å². The molecule has 2 atom stereocenters. The minimum atomic E-state index is -1.86. The van der Waals surface area contributed by atoms with Crippen molar-refractivity contribution in [2.45, 2.75) is 31.9 Å². The number of benzene rings is 1. The molecule has 122 valence electrons. The molecule has 6 nitrogen and oxygen atoms in total. The summed E-state index contributed by atoms with van der Waals surface area (Å²) < 4.78 is 10.2. The van der Waals surface area contributed by atoms with Crippen LogP contribution in [-0.4, -0.2) is 28.6 Å². The van der Waals surface area contributed by atoms with Gasteiger partial charge in [-0.05, 0) is 31.5 Å². The number of rotatable bonds is 3. The van der Waals surface area contributed by atoms with Gasteiger partial charge in [-0.1, -0.05) is 28.9 Å². The average molecular weight is 337 g/mol. The SMILES string of the molecule is CCOC(=O)C1(O)CC(c2ccc(Cl)cc2)c2c(C)noc2N1. The number of hydrogen-bond acceptors (Lipinski definition) is 6. The Kier molecular flexibility index (Phi) is 4.04. The molecule has 0 radical (unpaired) electrons. The summed E-state index contributed by atoms with van der Waals surface area (Å²) in [4.78, 5) is 12.1. The summed E-state index contributed by atoms with van der Waals surface area (Å²) >= 11 is 5.94. The normalized spacial score (nSPS) is 23.0. The van der Waals surface area contributed by atoms with Crippen molar-refractivity contribution in [3.8, 4) is 0 Å². The summed E-state index contributed by atoms with van der Waals surface area (Å²) in [6.07, 6.45) is 0.114. The molecule has 2 aromatic rings. The fourth-order valence-corrected chi connectivity index (χ4v) is 3.00. The zero-order chi connectivity index (χ0) is 16.6. The highest BCUT2D eigenvalue weighted by Gasteiger charge is 2.47. The maximum absolute atomic E-state index is 12.1. The molecule has 2 heterocycles. The summed E-state index contributed by atoms with van der Waals surface area (Å²) in [5, 5.41) is 18.0. The summed E-state index contributed by atoms with van der Waals surface area (Å²) in [5.74, 6) is -0.716. The number of aromatic nitrogens is 1. The number of ether oxygens (including phenoxy) is 1. The van der Waals surface area contributed by atoms with Gasteiger partial charge in [0.15, 0.2) is 0 Å². The van der Waals surface area contributed by atoms with Crippen LogP contribution in [0.3, 0.4) is 0 Å². The number of nitrogens with one attached hydrogen (secondary N) is 1. The third-order valence-electron chi connectivity index (χ3n) is 3.96. The lowest BCUT2D eigenvalue weighted by atomic mass is 9.81. The van der Waals surface area contributed by atoms with E-state index in [0.717, 1.165) is 11.1 Å². The van der Waals surface area contributed by atoms with Crippen LogP contribution in [0.5, 0.6) is 0 Å². The van der Waals surface area contributed by atoms with Crippen molar-refractivity contribution >= 4 is 23.5 Å². The first-order chi connectivity index (χ1) is 10.9. The maximum atomic E-state index is 12.1. The van der Waals surface area contributed by atoms with Crippen LogP contribution < -0.4 is 5.32 Å². The summed E-state index contributed by atoms with van der Waals surface area (Å²) in [6, 6.07) is 7.26. The number of aryl methyl sites for hydroxylation is 1. The number of esters is 1. The Balaban J connectivity index is 2.05. The molecule has 0 fully saturated rings. The van der Waals surface area contributed by atoms with Crippen LogP contribution in [0.25, 0.3) is 0 Å². The molecule has 23 heavy (non-hydrogen) atoms. The quantitative estimate of drug-likeness (QED) is 0.838. The second-order valence-corrected chi connectivity index (χ2v) is 5.96. The van der Waals surface area contributed by atoms with Crippen LogP contribution in [0.2, 0.25) is 5.02 Å². The summed E-state index contributed by atoms with van der Waals surface area (Å²) in [7, 11) is 0. The van der Waals surface area contributed by atoms with Gasteiger partial charge < -0.3 is 19.7 Å². The molecule has 1 aliphatic heterocycles. The predicted octanol–water partition coefficient (Wildman–Crippen LogP) is 2.84. The van der Waals surface area contributed by atoms with Gasteiger partial charge in [0.2, 0.25) is 11.6 Å². The van der Waals surface area contributed by atoms with Crippen LogP contribution in [0.15, 0.2) is 28.8 Å². The maximum Gasteiger partial charge on any atom is 0.359 e. The first-order valence-corrected chi connectivity index (χ1v) is 7.72. The highest BCUT2D eigenvalue weighted by molar-refractivity contribution is 6.30. The lowest BCUT2D eigenvalue weighted by Crippen LogP contribution is -2.51. The van der Waals surface area contributed by atoms with Crippen molar-refractivity contribution in [3.63, 3.8) is 0 Å². The number of hydrogen-bond donors (Lipinski definition) is 2. The third-order valence-corrected chi connectivity index (χ3v) is 4.21. The number of halogens is 1. The third kappa shape index (κ3) is 2.80. The van der Waals surface area contributed by atoms with Crippen LogP contribution in [0.4, 0.5) is 5.88 Å². The summed E-state index contributed by atoms with van der Waals surface area (Å²) in [6.45, 7) is 3.68. The predicted molar refractivity (Wildman–Crippen MR) is 84.4 cm³/mol. The largest absolute Gasteiger partial charge is 0.462 e. The molecule has 1 aromatic heterocycles. The molecule has 0 spiro atoms. The molecule has 7 heteroatoms. The minimum Gasteiger partial charge on any atom is -0.462 e. The minimum absolute atomic E-state index is 0.114. The van der Waals surface area contributed by atoms with E-state index in [1.54, 1.807) is 19.1 Å². The van der Waals surface area contributed by atoms with E-state index in [1.807, 2.05) is 19.1 Å². The Labute approximate surface area is 138 Å². The van der Waals surface area contributed by atoms with Crippen molar-refractivity contribution in [2.24, 2.45) is 0 Å². The van der Waals surface area contributed by atoms with Crippen LogP contribution in [-0.2, 0) is 9.53 Å². The van der Waals surface area contributed by atoms with Gasteiger partial charge in [-0.3, -0.25) is 0 Å². The number of aliphatic hydroxyl groups is 1. The topological polar surface area (TPSA) is 84.6 Å². The van der Waals surface area contributed by atoms with E-state index < -0.39 is 11.7 Å². The summed E-state index contributed by atoms with van der Waals surface area (Å²) in [5.41, 5.74) is 0.574. The Bertz CT molecular complexity index is 728. The van der Waals surface area contributed by atoms with Crippen molar-refractivity contribution in [1.82, 2.24) is 5.16 Å². The average Bonchev–Trinajstić information content (AvgIpc) is 2.88. The monoisotopic (exact) mass is 336 g/mol. The zero-order valence-corrected chi connectivity index (χ0v) is 13.6.